The number of amides is 2. The number of ether oxygens (including phenoxy) is 2. The number of nitrogens with zero attached hydrogens (tertiary/aromatic N) is 2. The van der Waals surface area contributed by atoms with Gasteiger partial charge in [0.25, 0.3) is 11.8 Å². The standard InChI is InChI=1S/C25H29FN4O6S/c1-14-6-16(4-5-17(14)26)27-22(31)20-21-18(9-29(20)3)37(33,34)28-19-10-30(12-24(19,2)13-35-21)23(32)25-7-15(8-25)11-36-25/h4-6,9,15,19,28H,7-8,10-13H2,1-3H3,(H,27,31)/t15?,19-,24-,25?/m1/s1. The van der Waals surface area contributed by atoms with Crippen molar-refractivity contribution >= 4 is 27.5 Å². The maximum Gasteiger partial charge on any atom is 0.276 e. The largest absolute Gasteiger partial charge is 0.489 e. The number of nitrogens with one attached hydrogen (secondary N) is 2. The van der Waals surface area contributed by atoms with E-state index in [4.69, 9.17) is 9.47 Å². The lowest BCUT2D eigenvalue weighted by atomic mass is 9.74. The summed E-state index contributed by atoms with van der Waals surface area (Å²) in [4.78, 5) is 28.1. The first-order chi connectivity index (χ1) is 17.4. The summed E-state index contributed by atoms with van der Waals surface area (Å²) in [6.45, 7) is 4.65. The van der Waals surface area contributed by atoms with Gasteiger partial charge in [0.1, 0.15) is 16.3 Å². The first-order valence-electron chi connectivity index (χ1n) is 12.3. The summed E-state index contributed by atoms with van der Waals surface area (Å²) in [7, 11) is -2.52. The van der Waals surface area contributed by atoms with Crippen molar-refractivity contribution in [2.75, 3.05) is 31.6 Å². The molecule has 2 bridgehead atoms. The first-order valence-corrected chi connectivity index (χ1v) is 13.7. The smallest absolute Gasteiger partial charge is 0.276 e. The Balaban J connectivity index is 1.28. The third kappa shape index (κ3) is 3.76. The molecule has 1 aliphatic carbocycles. The summed E-state index contributed by atoms with van der Waals surface area (Å²) in [5.74, 6) is -0.717. The second-order valence-electron chi connectivity index (χ2n) is 11.1. The molecule has 4 aliphatic heterocycles. The summed E-state index contributed by atoms with van der Waals surface area (Å²) in [6.07, 6.45) is 2.76. The van der Waals surface area contributed by atoms with Gasteiger partial charge in [-0.2, -0.15) is 0 Å². The van der Waals surface area contributed by atoms with Crippen LogP contribution >= 0.6 is 0 Å². The van der Waals surface area contributed by atoms with Crippen LogP contribution in [0.15, 0.2) is 29.3 Å². The molecule has 5 heterocycles. The summed E-state index contributed by atoms with van der Waals surface area (Å²) in [5.41, 5.74) is -0.740. The highest BCUT2D eigenvalue weighted by Gasteiger charge is 2.61. The van der Waals surface area contributed by atoms with E-state index >= 15 is 0 Å². The highest BCUT2D eigenvalue weighted by Crippen LogP contribution is 2.50. The minimum absolute atomic E-state index is 0.0223. The third-order valence-corrected chi connectivity index (χ3v) is 9.64. The number of fused-ring (bicyclic) bond motifs is 3. The third-order valence-electron chi connectivity index (χ3n) is 8.17. The molecule has 10 nitrogen and oxygen atoms in total. The lowest BCUT2D eigenvalue weighted by Crippen LogP contribution is -2.52. The van der Waals surface area contributed by atoms with E-state index in [9.17, 15) is 22.4 Å². The molecule has 1 aromatic carbocycles. The Kier molecular flexibility index (Phi) is 5.28. The summed E-state index contributed by atoms with van der Waals surface area (Å²) >= 11 is 0. The zero-order valence-electron chi connectivity index (χ0n) is 20.8. The fourth-order valence-electron chi connectivity index (χ4n) is 6.01. The normalized spacial score (nSPS) is 31.4. The Morgan fingerprint density at radius 2 is 2.03 bits per heavy atom. The number of rotatable bonds is 3. The van der Waals surface area contributed by atoms with E-state index in [1.807, 2.05) is 6.92 Å². The molecule has 0 radical (unpaired) electrons. The molecule has 0 spiro atoms. The highest BCUT2D eigenvalue weighted by atomic mass is 32.2. The Morgan fingerprint density at radius 1 is 1.27 bits per heavy atom. The number of halogens is 1. The van der Waals surface area contributed by atoms with Gasteiger partial charge in [-0.25, -0.2) is 17.5 Å². The molecule has 2 amide bonds. The van der Waals surface area contributed by atoms with Gasteiger partial charge >= 0.3 is 0 Å². The topological polar surface area (TPSA) is 119 Å². The van der Waals surface area contributed by atoms with E-state index in [-0.39, 0.29) is 35.4 Å². The lowest BCUT2D eigenvalue weighted by Gasteiger charge is -2.37. The quantitative estimate of drug-likeness (QED) is 0.622. The molecule has 1 aromatic heterocycles. The average molecular weight is 533 g/mol. The molecular formula is C25H29FN4O6S. The van der Waals surface area contributed by atoms with Crippen LogP contribution in [0.25, 0.3) is 0 Å². The molecule has 1 saturated carbocycles. The molecule has 198 valence electrons. The van der Waals surface area contributed by atoms with Crippen molar-refractivity contribution in [3.05, 3.63) is 41.5 Å². The van der Waals surface area contributed by atoms with Crippen molar-refractivity contribution < 1.29 is 31.9 Å². The van der Waals surface area contributed by atoms with Crippen LogP contribution in [0.3, 0.4) is 0 Å². The van der Waals surface area contributed by atoms with Gasteiger partial charge in [-0.1, -0.05) is 6.92 Å². The number of hydrogen-bond acceptors (Lipinski definition) is 6. The van der Waals surface area contributed by atoms with Gasteiger partial charge in [0, 0.05) is 43.5 Å². The second-order valence-corrected chi connectivity index (χ2v) is 12.8. The molecule has 37 heavy (non-hydrogen) atoms. The Morgan fingerprint density at radius 3 is 2.70 bits per heavy atom. The van der Waals surface area contributed by atoms with Crippen LogP contribution in [0.4, 0.5) is 10.1 Å². The number of hydrogen-bond donors (Lipinski definition) is 2. The zero-order chi connectivity index (χ0) is 26.3. The average Bonchev–Trinajstić information content (AvgIpc) is 3.56. The van der Waals surface area contributed by atoms with Crippen LogP contribution in [0, 0.1) is 24.1 Å². The van der Waals surface area contributed by atoms with Gasteiger partial charge in [0.05, 0.1) is 13.2 Å². The summed E-state index contributed by atoms with van der Waals surface area (Å²) in [6, 6.07) is 3.61. The monoisotopic (exact) mass is 532 g/mol. The molecule has 4 fully saturated rings. The highest BCUT2D eigenvalue weighted by molar-refractivity contribution is 7.89. The predicted octanol–water partition coefficient (Wildman–Crippen LogP) is 1.79. The SMILES string of the molecule is Cc1cc(NC(=O)c2c3c(cn2C)S(=O)(=O)N[C@@H]2CN(C(=O)C45CC(CO4)C5)C[C@]2(C)CO3)ccc1F. The van der Waals surface area contributed by atoms with Crippen molar-refractivity contribution in [3.63, 3.8) is 0 Å². The fourth-order valence-corrected chi connectivity index (χ4v) is 7.57. The number of benzene rings is 1. The minimum atomic E-state index is -4.08. The molecule has 2 atom stereocenters. The van der Waals surface area contributed by atoms with Gasteiger partial charge < -0.3 is 24.3 Å². The summed E-state index contributed by atoms with van der Waals surface area (Å²) in [5, 5.41) is 2.70. The first kappa shape index (κ1) is 24.4. The van der Waals surface area contributed by atoms with E-state index < -0.39 is 38.8 Å². The number of aryl methyl sites for hydroxylation is 2. The number of likely N-dealkylation sites (tertiary alicyclic amines) is 1. The van der Waals surface area contributed by atoms with Crippen molar-refractivity contribution in [2.24, 2.45) is 18.4 Å². The van der Waals surface area contributed by atoms with Crippen molar-refractivity contribution in [1.29, 1.82) is 0 Å². The van der Waals surface area contributed by atoms with E-state index in [1.165, 1.54) is 29.0 Å². The van der Waals surface area contributed by atoms with Crippen molar-refractivity contribution in [2.45, 2.75) is 43.2 Å². The van der Waals surface area contributed by atoms with Crippen LogP contribution in [0.1, 0.15) is 35.8 Å². The minimum Gasteiger partial charge on any atom is -0.489 e. The van der Waals surface area contributed by atoms with E-state index in [1.54, 1.807) is 18.9 Å². The number of carbonyl (C=O) groups is 2. The number of anilines is 1. The molecule has 2 N–H and O–H groups in total. The maximum atomic E-state index is 13.7. The lowest BCUT2D eigenvalue weighted by molar-refractivity contribution is -0.154. The molecule has 12 heteroatoms. The van der Waals surface area contributed by atoms with Crippen LogP contribution in [0.2, 0.25) is 0 Å². The molecule has 5 aliphatic rings. The molecule has 0 unspecified atom stereocenters. The molecule has 7 rings (SSSR count). The fraction of sp³-hybridized carbons (Fsp3) is 0.520. The van der Waals surface area contributed by atoms with E-state index in [0.29, 0.717) is 43.2 Å². The van der Waals surface area contributed by atoms with Crippen LogP contribution in [-0.2, 0) is 26.6 Å². The van der Waals surface area contributed by atoms with Crippen LogP contribution in [-0.4, -0.2) is 67.6 Å². The molecule has 3 saturated heterocycles. The van der Waals surface area contributed by atoms with Crippen molar-refractivity contribution in [3.8, 4) is 5.75 Å². The second kappa shape index (κ2) is 8.02. The van der Waals surface area contributed by atoms with Gasteiger partial charge in [0.15, 0.2) is 11.4 Å². The number of aromatic nitrogens is 1. The van der Waals surface area contributed by atoms with Gasteiger partial charge in [-0.15, -0.1) is 0 Å². The van der Waals surface area contributed by atoms with Gasteiger partial charge in [-0.05, 0) is 49.4 Å². The zero-order valence-corrected chi connectivity index (χ0v) is 21.7. The van der Waals surface area contributed by atoms with Crippen LogP contribution < -0.4 is 14.8 Å². The van der Waals surface area contributed by atoms with Gasteiger partial charge in [-0.3, -0.25) is 9.59 Å². The molecule has 2 aromatic rings. The Hall–Kier alpha value is -2.96. The van der Waals surface area contributed by atoms with Crippen LogP contribution in [0.5, 0.6) is 5.75 Å². The number of carbonyl (C=O) groups excluding carboxylic acids is 2. The molecular weight excluding hydrogens is 503 g/mol. The van der Waals surface area contributed by atoms with E-state index in [2.05, 4.69) is 10.0 Å². The maximum absolute atomic E-state index is 13.7. The Bertz CT molecular complexity index is 1430. The van der Waals surface area contributed by atoms with E-state index in [0.717, 1.165) is 0 Å². The predicted molar refractivity (Wildman–Crippen MR) is 130 cm³/mol. The summed E-state index contributed by atoms with van der Waals surface area (Å²) < 4.78 is 56.6. The van der Waals surface area contributed by atoms with Gasteiger partial charge in [0.2, 0.25) is 10.0 Å². The van der Waals surface area contributed by atoms with Crippen molar-refractivity contribution in [1.82, 2.24) is 14.2 Å². The Labute approximate surface area is 214 Å². The number of sulfonamides is 1.